The molecule has 2 heterocycles. The third kappa shape index (κ3) is 5.52. The Kier molecular flexibility index (Phi) is 9.43. The number of carbonyl (C=O) groups is 1. The summed E-state index contributed by atoms with van der Waals surface area (Å²) in [5.41, 5.74) is -0.423. The topological polar surface area (TPSA) is 75.2 Å². The van der Waals surface area contributed by atoms with Crippen molar-refractivity contribution >= 4 is 21.9 Å². The number of carbonyl (C=O) groups excluding carboxylic acids is 1. The van der Waals surface area contributed by atoms with E-state index in [0.29, 0.717) is 24.1 Å². The fourth-order valence-corrected chi connectivity index (χ4v) is 11.0. The Balaban J connectivity index is 1.45. The van der Waals surface area contributed by atoms with Crippen molar-refractivity contribution in [1.82, 2.24) is 13.9 Å². The Morgan fingerprint density at radius 3 is 2.33 bits per heavy atom. The number of benzene rings is 1. The molecule has 0 amide bonds. The number of halogens is 1. The van der Waals surface area contributed by atoms with Gasteiger partial charge in [-0.1, -0.05) is 100 Å². The number of rotatable bonds is 9. The van der Waals surface area contributed by atoms with Gasteiger partial charge in [0.25, 0.3) is 0 Å². The molecule has 6 rings (SSSR count). The van der Waals surface area contributed by atoms with Crippen LogP contribution in [0.4, 0.5) is 0 Å². The van der Waals surface area contributed by atoms with Crippen LogP contribution in [-0.4, -0.2) is 31.3 Å². The highest BCUT2D eigenvalue weighted by Crippen LogP contribution is 2.68. The van der Waals surface area contributed by atoms with Crippen molar-refractivity contribution in [3.8, 4) is 5.69 Å². The van der Waals surface area contributed by atoms with E-state index in [1.54, 1.807) is 4.68 Å². The summed E-state index contributed by atoms with van der Waals surface area (Å²) in [6, 6.07) is 9.42. The van der Waals surface area contributed by atoms with Gasteiger partial charge in [0, 0.05) is 0 Å². The average Bonchev–Trinajstić information content (AvgIpc) is 3.53. The van der Waals surface area contributed by atoms with Crippen LogP contribution in [0.3, 0.4) is 0 Å². The first-order valence-electron chi connectivity index (χ1n) is 17.9. The van der Waals surface area contributed by atoms with Crippen LogP contribution in [0.15, 0.2) is 52.1 Å². The fraction of sp³-hybridized carbons (Fsp3) is 0.711. The first kappa shape index (κ1) is 33.5. The van der Waals surface area contributed by atoms with Crippen molar-refractivity contribution in [2.75, 3.05) is 5.33 Å². The number of nitrogens with zero attached hydrogens (tertiary/aromatic N) is 3. The molecule has 0 saturated heterocycles. The zero-order chi connectivity index (χ0) is 32.9. The normalized spacial score (nSPS) is 34.4. The fourth-order valence-electron chi connectivity index (χ4n) is 10.9. The smallest absolute Gasteiger partial charge is 0.352 e. The first-order valence-corrected chi connectivity index (χ1v) is 19.0. The molecule has 8 heteroatoms. The molecule has 1 aliphatic heterocycles. The van der Waals surface area contributed by atoms with Crippen molar-refractivity contribution in [3.05, 3.63) is 63.5 Å². The lowest BCUT2D eigenvalue weighted by Crippen LogP contribution is -2.64. The molecule has 0 N–H and O–H groups in total. The molecule has 1 unspecified atom stereocenters. The number of hydrogen-bond donors (Lipinski definition) is 0. The van der Waals surface area contributed by atoms with Gasteiger partial charge >= 0.3 is 17.3 Å². The van der Waals surface area contributed by atoms with Crippen molar-refractivity contribution in [3.63, 3.8) is 0 Å². The molecule has 1 aromatic carbocycles. The highest BCUT2D eigenvalue weighted by Gasteiger charge is 2.66. The van der Waals surface area contributed by atoms with Gasteiger partial charge in [-0.25, -0.2) is 23.5 Å². The average molecular weight is 697 g/mol. The summed E-state index contributed by atoms with van der Waals surface area (Å²) in [7, 11) is 0. The van der Waals surface area contributed by atoms with Gasteiger partial charge in [0.15, 0.2) is 0 Å². The number of aromatic nitrogens is 3. The zero-order valence-corrected chi connectivity index (χ0v) is 30.1. The Morgan fingerprint density at radius 1 is 0.935 bits per heavy atom. The quantitative estimate of drug-likeness (QED) is 0.152. The summed E-state index contributed by atoms with van der Waals surface area (Å²) >= 11 is 3.24. The van der Waals surface area contributed by atoms with Crippen LogP contribution in [0, 0.1) is 40.4 Å². The third-order valence-corrected chi connectivity index (χ3v) is 13.5. The summed E-state index contributed by atoms with van der Waals surface area (Å²) < 4.78 is 10.9. The van der Waals surface area contributed by atoms with Crippen molar-refractivity contribution < 1.29 is 9.53 Å². The lowest BCUT2D eigenvalue weighted by Gasteiger charge is -2.61. The van der Waals surface area contributed by atoms with Crippen LogP contribution in [0.25, 0.3) is 5.69 Å². The largest absolute Gasteiger partial charge is 0.462 e. The highest BCUT2D eigenvalue weighted by molar-refractivity contribution is 9.09. The molecule has 1 aromatic heterocycles. The first-order chi connectivity index (χ1) is 22.0. The zero-order valence-electron chi connectivity index (χ0n) is 28.6. The van der Waals surface area contributed by atoms with Crippen LogP contribution >= 0.6 is 15.9 Å². The van der Waals surface area contributed by atoms with Crippen molar-refractivity contribution in [2.45, 2.75) is 123 Å². The number of fused-ring (bicyclic) bond motifs is 4. The summed E-state index contributed by atoms with van der Waals surface area (Å²) in [6.07, 6.45) is 16.2. The molecule has 0 radical (unpaired) electrons. The summed E-state index contributed by atoms with van der Waals surface area (Å²) in [6.45, 7) is 12.4. The van der Waals surface area contributed by atoms with Gasteiger partial charge in [0.05, 0.1) is 17.8 Å². The lowest BCUT2D eigenvalue weighted by atomic mass is 9.47. The van der Waals surface area contributed by atoms with E-state index in [4.69, 9.17) is 4.74 Å². The number of allylic oxidation sites excluding steroid dienone is 2. The Bertz CT molecular complexity index is 1550. The van der Waals surface area contributed by atoms with Gasteiger partial charge in [-0.3, -0.25) is 4.79 Å². The monoisotopic (exact) mass is 695 g/mol. The Hall–Kier alpha value is -2.35. The minimum absolute atomic E-state index is 0.0591. The molecule has 4 aliphatic rings. The van der Waals surface area contributed by atoms with Crippen LogP contribution in [0.2, 0.25) is 0 Å². The molecule has 2 aromatic rings. The predicted octanol–water partition coefficient (Wildman–Crippen LogP) is 7.86. The summed E-state index contributed by atoms with van der Waals surface area (Å²) in [4.78, 5) is 41.0. The standard InChI is InChI=1S/C38H54BrN3O4/c1-26(2)11-9-12-27(3)30-15-16-32-37(30,5)23-19-31(36(4)21-17-29(18-22-36)46-33(43)25-39)38(32)20-10-24-40-34(44)41(35(45)42(38)40)28-13-7-6-8-14-28/h6-8,10,13-14,20,26-27,29-32H,9,11-12,15-19,21-25H2,1-5H3/t27-,29?,30?,31-,32-,36?,37-,38-/m1/s1. The van der Waals surface area contributed by atoms with Crippen LogP contribution < -0.4 is 11.4 Å². The lowest BCUT2D eigenvalue weighted by molar-refractivity contribution is -0.152. The molecular weight excluding hydrogens is 642 g/mol. The minimum Gasteiger partial charge on any atom is -0.462 e. The van der Waals surface area contributed by atoms with Crippen LogP contribution in [0.5, 0.6) is 0 Å². The summed E-state index contributed by atoms with van der Waals surface area (Å²) in [5.74, 6) is 2.18. The SMILES string of the molecule is CC(C)CCC[C@@H](C)C1CC[C@H]2[C@@]3(C=CCn4c(=O)n(-c5ccccc5)c(=O)n43)[C@@H](C3(C)CCC(OC(=O)CBr)CC3)CC[C@]12C. The molecule has 3 aliphatic carbocycles. The Labute approximate surface area is 282 Å². The van der Waals surface area contributed by atoms with Crippen LogP contribution in [0.1, 0.15) is 105 Å². The number of ether oxygens (including phenoxy) is 1. The van der Waals surface area contributed by atoms with Gasteiger partial charge in [-0.05, 0) is 104 Å². The number of esters is 1. The molecule has 1 spiro atoms. The number of para-hydroxylation sites is 1. The van der Waals surface area contributed by atoms with Gasteiger partial charge in [0.1, 0.15) is 11.4 Å². The molecule has 3 saturated carbocycles. The van der Waals surface area contributed by atoms with E-state index in [9.17, 15) is 14.4 Å². The van der Waals surface area contributed by atoms with Crippen molar-refractivity contribution in [2.24, 2.45) is 40.4 Å². The van der Waals surface area contributed by atoms with Crippen molar-refractivity contribution in [1.29, 1.82) is 0 Å². The number of hydrogen-bond acceptors (Lipinski definition) is 4. The molecule has 46 heavy (non-hydrogen) atoms. The van der Waals surface area contributed by atoms with E-state index in [0.717, 1.165) is 50.9 Å². The Morgan fingerprint density at radius 2 is 1.65 bits per heavy atom. The van der Waals surface area contributed by atoms with E-state index >= 15 is 0 Å². The summed E-state index contributed by atoms with van der Waals surface area (Å²) in [5, 5.41) is 0.216. The van der Waals surface area contributed by atoms with E-state index in [-0.39, 0.29) is 51.4 Å². The molecule has 6 atom stereocenters. The van der Waals surface area contributed by atoms with Crippen LogP contribution in [-0.2, 0) is 21.6 Å². The second-order valence-electron chi connectivity index (χ2n) is 16.0. The second kappa shape index (κ2) is 12.9. The maximum atomic E-state index is 14.8. The van der Waals surface area contributed by atoms with E-state index in [1.165, 1.54) is 30.3 Å². The maximum Gasteiger partial charge on any atom is 0.352 e. The molecule has 0 bridgehead atoms. The predicted molar refractivity (Wildman–Crippen MR) is 187 cm³/mol. The highest BCUT2D eigenvalue weighted by atomic mass is 79.9. The molecule has 7 nitrogen and oxygen atoms in total. The molecule has 252 valence electrons. The minimum atomic E-state index is -0.595. The van der Waals surface area contributed by atoms with E-state index in [1.807, 2.05) is 35.0 Å². The van der Waals surface area contributed by atoms with E-state index < -0.39 is 5.54 Å². The van der Waals surface area contributed by atoms with Gasteiger partial charge < -0.3 is 4.74 Å². The van der Waals surface area contributed by atoms with Gasteiger partial charge in [-0.2, -0.15) is 0 Å². The maximum absolute atomic E-state index is 14.8. The molecule has 3 fully saturated rings. The van der Waals surface area contributed by atoms with Gasteiger partial charge in [-0.15, -0.1) is 0 Å². The van der Waals surface area contributed by atoms with Gasteiger partial charge in [0.2, 0.25) is 0 Å². The number of alkyl halides is 1. The molecular formula is C38H54BrN3O4. The van der Waals surface area contributed by atoms with E-state index in [2.05, 4.69) is 62.7 Å². The third-order valence-electron chi connectivity index (χ3n) is 13.0. The second-order valence-corrected chi connectivity index (χ2v) is 16.6.